The van der Waals surface area contributed by atoms with Crippen molar-refractivity contribution in [2.24, 2.45) is 5.41 Å². The number of nitrogens with one attached hydrogen (secondary N) is 2. The molecule has 11 rings (SSSR count). The second-order valence-electron chi connectivity index (χ2n) is 21.9. The molecule has 4 amide bonds. The Morgan fingerprint density at radius 1 is 0.851 bits per heavy atom. The van der Waals surface area contributed by atoms with Gasteiger partial charge in [0.2, 0.25) is 5.91 Å². The fraction of sp³-hybridized carbons (Fsp3) is 0.456. The van der Waals surface area contributed by atoms with Gasteiger partial charge in [0.05, 0.1) is 48.1 Å². The van der Waals surface area contributed by atoms with Crippen LogP contribution in [0.5, 0.6) is 5.88 Å². The predicted molar refractivity (Wildman–Crippen MR) is 286 cm³/mol. The summed E-state index contributed by atoms with van der Waals surface area (Å²) in [7, 11) is 1.52. The first-order valence-corrected chi connectivity index (χ1v) is 26.4. The summed E-state index contributed by atoms with van der Waals surface area (Å²) in [4.78, 5) is 78.8. The lowest BCUT2D eigenvalue weighted by molar-refractivity contribution is -0.111. The van der Waals surface area contributed by atoms with Crippen LogP contribution in [0.2, 0.25) is 0 Å². The van der Waals surface area contributed by atoms with E-state index in [0.717, 1.165) is 95.3 Å². The first-order chi connectivity index (χ1) is 35.7. The first kappa shape index (κ1) is 49.1. The Morgan fingerprint density at radius 3 is 2.42 bits per heavy atom. The monoisotopic (exact) mass is 1000 g/mol. The van der Waals surface area contributed by atoms with Crippen LogP contribution < -0.4 is 30.1 Å². The van der Waals surface area contributed by atoms with Gasteiger partial charge in [0.25, 0.3) is 23.6 Å². The fourth-order valence-electron chi connectivity index (χ4n) is 12.9. The number of rotatable bonds is 12. The van der Waals surface area contributed by atoms with E-state index in [-0.39, 0.29) is 59.7 Å². The number of amides is 4. The van der Waals surface area contributed by atoms with Gasteiger partial charge in [-0.15, -0.1) is 0 Å². The Hall–Kier alpha value is -7.11. The highest BCUT2D eigenvalue weighted by molar-refractivity contribution is 6.22. The molecule has 3 N–H and O–H groups in total. The van der Waals surface area contributed by atoms with E-state index >= 15 is 0 Å². The molecule has 2 saturated heterocycles. The molecule has 2 aromatic carbocycles. The summed E-state index contributed by atoms with van der Waals surface area (Å²) in [6, 6.07) is 16.2. The van der Waals surface area contributed by atoms with Crippen molar-refractivity contribution in [3.05, 3.63) is 107 Å². The molecule has 0 bridgehead atoms. The van der Waals surface area contributed by atoms with Gasteiger partial charge in [0.1, 0.15) is 11.5 Å². The Morgan fingerprint density at radius 2 is 1.66 bits per heavy atom. The molecule has 6 aliphatic rings. The lowest BCUT2D eigenvalue weighted by atomic mass is 9.90. The maximum Gasteiger partial charge on any atom is 0.276 e. The van der Waals surface area contributed by atoms with E-state index in [1.807, 2.05) is 42.5 Å². The summed E-state index contributed by atoms with van der Waals surface area (Å²) in [5, 5.41) is 17.3. The Bertz CT molecular complexity index is 3070. The molecule has 17 nitrogen and oxygen atoms in total. The quantitative estimate of drug-likeness (QED) is 0.0809. The number of aromatic nitrogens is 4. The standard InChI is InChI=1S/C57H67N11O6/c1-7-50(70)61-45-27-37(60-51-53(74-6)59-31-46(62-51)41-17-19-58-52(44(41)33-69)67-24-23-66-48(56(67)73)26-36-29-57(4,5)30-49(36)66)13-16-47(45)65-22-21-63(32-35(65)3)39-18-20-64(34(2)25-39)40-14-15-42-43(28-40)55(72)68(54(42)71)38-11-9-8-10-12-38/h7,13-17,19,26-28,31,34-35,38-39,69H,1,8-12,18,20-25,29-30,32-33H2,2-6H3,(H,60,62)(H,61,70)/t34-,35+,39?/m1/s1. The minimum absolute atomic E-state index is 0.00203. The van der Waals surface area contributed by atoms with Crippen LogP contribution in [0.1, 0.15) is 121 Å². The van der Waals surface area contributed by atoms with Gasteiger partial charge in [-0.25, -0.2) is 15.0 Å². The van der Waals surface area contributed by atoms with Crippen LogP contribution in [0.4, 0.5) is 34.4 Å². The average Bonchev–Trinajstić information content (AvgIpc) is 3.99. The predicted octanol–water partition coefficient (Wildman–Crippen LogP) is 7.99. The number of aliphatic hydroxyl groups excluding tert-OH is 1. The number of hydrogen-bond donors (Lipinski definition) is 3. The third-order valence-corrected chi connectivity index (χ3v) is 16.5. The summed E-state index contributed by atoms with van der Waals surface area (Å²) in [5.74, 6) is 0.164. The van der Waals surface area contributed by atoms with Gasteiger partial charge >= 0.3 is 0 Å². The van der Waals surface area contributed by atoms with Gasteiger partial charge in [0, 0.05) is 97.8 Å². The van der Waals surface area contributed by atoms with Crippen molar-refractivity contribution < 1.29 is 29.0 Å². The zero-order valence-corrected chi connectivity index (χ0v) is 43.2. The largest absolute Gasteiger partial charge is 0.478 e. The van der Waals surface area contributed by atoms with Gasteiger partial charge in [-0.2, -0.15) is 0 Å². The number of piperazine rings is 1. The Kier molecular flexibility index (Phi) is 13.0. The van der Waals surface area contributed by atoms with Crippen LogP contribution in [0.15, 0.2) is 73.6 Å². The summed E-state index contributed by atoms with van der Waals surface area (Å²) in [5.41, 5.74) is 8.94. The highest BCUT2D eigenvalue weighted by Gasteiger charge is 2.42. The van der Waals surface area contributed by atoms with Crippen LogP contribution in [0.3, 0.4) is 0 Å². The van der Waals surface area contributed by atoms with Crippen molar-refractivity contribution in [2.75, 3.05) is 65.2 Å². The summed E-state index contributed by atoms with van der Waals surface area (Å²) in [6.07, 6.45) is 13.3. The number of fused-ring (bicyclic) bond motifs is 4. The molecule has 17 heteroatoms. The van der Waals surface area contributed by atoms with Crippen molar-refractivity contribution in [1.82, 2.24) is 29.3 Å². The number of piperidine rings is 1. The van der Waals surface area contributed by atoms with Crippen molar-refractivity contribution >= 4 is 58.0 Å². The van der Waals surface area contributed by atoms with Gasteiger partial charge in [-0.3, -0.25) is 33.9 Å². The SMILES string of the molecule is C=CC(=O)Nc1cc(Nc2nc(-c3ccnc(N4CCn5c(cc6c5CC(C)(C)C6)C4=O)c3CO)cnc2OC)ccc1N1CCN(C2CCN(c3ccc4c(c3)C(=O)N(C3CCCCC3)C4=O)[C@H](C)C2)C[C@@H]1C. The van der Waals surface area contributed by atoms with Crippen LogP contribution in [0.25, 0.3) is 11.3 Å². The molecule has 1 unspecified atom stereocenters. The maximum absolute atomic E-state index is 14.1. The van der Waals surface area contributed by atoms with Gasteiger partial charge in [-0.05, 0) is 118 Å². The molecule has 3 fully saturated rings. The van der Waals surface area contributed by atoms with E-state index in [1.165, 1.54) is 29.3 Å². The van der Waals surface area contributed by atoms with E-state index in [1.54, 1.807) is 23.4 Å². The number of anilines is 6. The molecule has 0 spiro atoms. The molecular formula is C57H67N11O6. The minimum Gasteiger partial charge on any atom is -0.478 e. The van der Waals surface area contributed by atoms with Crippen LogP contribution in [-0.4, -0.2) is 122 Å². The fourth-order valence-corrected chi connectivity index (χ4v) is 12.9. The lowest BCUT2D eigenvalue weighted by Gasteiger charge is -2.48. The number of carbonyl (C=O) groups is 4. The van der Waals surface area contributed by atoms with Crippen molar-refractivity contribution in [3.63, 3.8) is 0 Å². The summed E-state index contributed by atoms with van der Waals surface area (Å²) >= 11 is 0. The number of methoxy groups -OCH3 is 1. The molecule has 1 saturated carbocycles. The topological polar surface area (TPSA) is 182 Å². The van der Waals surface area contributed by atoms with Gasteiger partial charge < -0.3 is 34.8 Å². The van der Waals surface area contributed by atoms with E-state index in [2.05, 4.69) is 74.1 Å². The first-order valence-electron chi connectivity index (χ1n) is 26.4. The second kappa shape index (κ2) is 19.6. The zero-order chi connectivity index (χ0) is 51.6. The average molecular weight is 1000 g/mol. The maximum atomic E-state index is 14.1. The third-order valence-electron chi connectivity index (χ3n) is 16.5. The molecule has 74 heavy (non-hydrogen) atoms. The molecule has 386 valence electrons. The van der Waals surface area contributed by atoms with Crippen LogP contribution in [-0.2, 0) is 30.8 Å². The van der Waals surface area contributed by atoms with E-state index < -0.39 is 0 Å². The van der Waals surface area contributed by atoms with Gasteiger partial charge in [0.15, 0.2) is 5.82 Å². The van der Waals surface area contributed by atoms with Crippen LogP contribution >= 0.6 is 0 Å². The van der Waals surface area contributed by atoms with E-state index in [9.17, 15) is 24.3 Å². The molecule has 0 radical (unpaired) electrons. The minimum atomic E-state index is -0.382. The molecule has 3 atom stereocenters. The smallest absolute Gasteiger partial charge is 0.276 e. The van der Waals surface area contributed by atoms with Crippen molar-refractivity contribution in [2.45, 2.75) is 123 Å². The normalized spacial score (nSPS) is 21.9. The number of benzene rings is 2. The van der Waals surface area contributed by atoms with Crippen molar-refractivity contribution in [1.29, 1.82) is 0 Å². The number of hydrogen-bond acceptors (Lipinski definition) is 13. The molecule has 2 aliphatic carbocycles. The third kappa shape index (κ3) is 8.86. The number of nitrogens with zero attached hydrogens (tertiary/aromatic N) is 9. The molecule has 4 aliphatic heterocycles. The molecule has 5 aromatic rings. The summed E-state index contributed by atoms with van der Waals surface area (Å²) < 4.78 is 7.84. The Labute approximate surface area is 432 Å². The van der Waals surface area contributed by atoms with Gasteiger partial charge in [-0.1, -0.05) is 39.7 Å². The number of ether oxygens (including phenoxy) is 1. The van der Waals surface area contributed by atoms with E-state index in [0.29, 0.717) is 75.8 Å². The van der Waals surface area contributed by atoms with Crippen LogP contribution in [0, 0.1) is 5.41 Å². The molecular weight excluding hydrogens is 935 g/mol. The lowest BCUT2D eigenvalue weighted by Crippen LogP contribution is -2.58. The number of aliphatic hydroxyl groups is 1. The number of pyridine rings is 1. The highest BCUT2D eigenvalue weighted by atomic mass is 16.5. The second-order valence-corrected chi connectivity index (χ2v) is 21.9. The zero-order valence-electron chi connectivity index (χ0n) is 43.2. The Balaban J connectivity index is 0.777. The van der Waals surface area contributed by atoms with E-state index in [4.69, 9.17) is 9.72 Å². The number of carbonyl (C=O) groups excluding carboxylic acids is 4. The molecule has 7 heterocycles. The summed E-state index contributed by atoms with van der Waals surface area (Å²) in [6.45, 7) is 16.7. The highest BCUT2D eigenvalue weighted by Crippen LogP contribution is 2.42. The van der Waals surface area contributed by atoms with Crippen molar-refractivity contribution in [3.8, 4) is 17.1 Å². The number of imide groups is 1. The molecule has 3 aromatic heterocycles.